The zero-order chi connectivity index (χ0) is 13.1. The third kappa shape index (κ3) is 2.71. The zero-order valence-electron chi connectivity index (χ0n) is 9.62. The van der Waals surface area contributed by atoms with Crippen LogP contribution in [0.4, 0.5) is 4.39 Å². The van der Waals surface area contributed by atoms with E-state index in [1.165, 1.54) is 6.20 Å². The van der Waals surface area contributed by atoms with E-state index in [2.05, 4.69) is 26.2 Å². The second-order valence-electron chi connectivity index (χ2n) is 3.79. The van der Waals surface area contributed by atoms with Crippen molar-refractivity contribution in [2.75, 3.05) is 7.05 Å². The molecule has 0 spiro atoms. The Hall–Kier alpha value is -0.970. The van der Waals surface area contributed by atoms with Crippen LogP contribution in [0.5, 0.6) is 0 Å². The van der Waals surface area contributed by atoms with E-state index < -0.39 is 0 Å². The van der Waals surface area contributed by atoms with Gasteiger partial charge in [-0.15, -0.1) is 0 Å². The average molecular weight is 330 g/mol. The minimum absolute atomic E-state index is 0.235. The highest BCUT2D eigenvalue weighted by molar-refractivity contribution is 9.10. The van der Waals surface area contributed by atoms with Crippen LogP contribution in [0.25, 0.3) is 0 Å². The van der Waals surface area contributed by atoms with E-state index in [-0.39, 0.29) is 11.9 Å². The van der Waals surface area contributed by atoms with Crippen molar-refractivity contribution in [3.8, 4) is 0 Å². The first-order chi connectivity index (χ1) is 8.63. The molecule has 1 unspecified atom stereocenters. The Morgan fingerprint density at radius 2 is 2.17 bits per heavy atom. The number of hydrogen-bond donors (Lipinski definition) is 1. The number of nitrogens with one attached hydrogen (secondary N) is 1. The van der Waals surface area contributed by atoms with Crippen molar-refractivity contribution >= 4 is 27.5 Å². The summed E-state index contributed by atoms with van der Waals surface area (Å²) < 4.78 is 14.5. The predicted molar refractivity (Wildman–Crippen MR) is 74.2 cm³/mol. The summed E-state index contributed by atoms with van der Waals surface area (Å²) in [5.41, 5.74) is 1.49. The summed E-state index contributed by atoms with van der Waals surface area (Å²) in [4.78, 5) is 3.75. The molecule has 0 radical (unpaired) electrons. The molecular weight excluding hydrogens is 319 g/mol. The summed E-state index contributed by atoms with van der Waals surface area (Å²) >= 11 is 9.32. The number of halogens is 3. The normalized spacial score (nSPS) is 12.4. The Labute approximate surface area is 118 Å². The van der Waals surface area contributed by atoms with Crippen LogP contribution in [0.1, 0.15) is 17.2 Å². The molecule has 0 amide bonds. The van der Waals surface area contributed by atoms with Crippen LogP contribution in [0.15, 0.2) is 41.1 Å². The van der Waals surface area contributed by atoms with Crippen molar-refractivity contribution < 1.29 is 4.39 Å². The van der Waals surface area contributed by atoms with Crippen molar-refractivity contribution in [2.45, 2.75) is 6.04 Å². The maximum atomic E-state index is 13.8. The minimum atomic E-state index is -0.331. The summed E-state index contributed by atoms with van der Waals surface area (Å²) in [6, 6.07) is 6.96. The third-order valence-electron chi connectivity index (χ3n) is 2.68. The van der Waals surface area contributed by atoms with E-state index in [1.54, 1.807) is 25.4 Å². The van der Waals surface area contributed by atoms with Gasteiger partial charge in [0.2, 0.25) is 0 Å². The van der Waals surface area contributed by atoms with Gasteiger partial charge in [-0.05, 0) is 46.7 Å². The van der Waals surface area contributed by atoms with Gasteiger partial charge in [-0.25, -0.2) is 4.39 Å². The summed E-state index contributed by atoms with van der Waals surface area (Å²) in [7, 11) is 1.78. The number of nitrogens with zero attached hydrogens (tertiary/aromatic N) is 1. The lowest BCUT2D eigenvalue weighted by atomic mass is 9.99. The molecule has 0 saturated heterocycles. The van der Waals surface area contributed by atoms with Crippen molar-refractivity contribution in [2.24, 2.45) is 0 Å². The van der Waals surface area contributed by atoms with Gasteiger partial charge >= 0.3 is 0 Å². The van der Waals surface area contributed by atoms with Crippen LogP contribution in [-0.4, -0.2) is 12.0 Å². The van der Waals surface area contributed by atoms with E-state index in [0.29, 0.717) is 10.6 Å². The lowest BCUT2D eigenvalue weighted by Crippen LogP contribution is -2.19. The number of rotatable bonds is 3. The Morgan fingerprint density at radius 3 is 2.78 bits per heavy atom. The molecule has 0 saturated carbocycles. The summed E-state index contributed by atoms with van der Waals surface area (Å²) in [5, 5.41) is 3.72. The maximum absolute atomic E-state index is 13.8. The third-order valence-corrected chi connectivity index (χ3v) is 3.89. The highest BCUT2D eigenvalue weighted by Gasteiger charge is 2.16. The molecule has 0 fully saturated rings. The smallest absolute Gasteiger partial charge is 0.146 e. The first-order valence-corrected chi connectivity index (χ1v) is 6.52. The van der Waals surface area contributed by atoms with Crippen molar-refractivity contribution in [1.82, 2.24) is 10.3 Å². The topological polar surface area (TPSA) is 24.9 Å². The Morgan fingerprint density at radius 1 is 1.39 bits per heavy atom. The fraction of sp³-hybridized carbons (Fsp3) is 0.154. The van der Waals surface area contributed by atoms with Crippen LogP contribution in [0.3, 0.4) is 0 Å². The summed E-state index contributed by atoms with van der Waals surface area (Å²) in [6.45, 7) is 0. The number of pyridine rings is 1. The van der Waals surface area contributed by atoms with Crippen LogP contribution < -0.4 is 5.32 Å². The number of aromatic nitrogens is 1. The van der Waals surface area contributed by atoms with Gasteiger partial charge in [-0.3, -0.25) is 4.98 Å². The molecule has 1 aromatic carbocycles. The Balaban J connectivity index is 2.45. The molecule has 94 valence electrons. The standard InChI is InChI=1S/C13H11BrClFN2/c1-17-13(9-4-5-18-7-12(9)16)8-2-3-11(15)10(14)6-8/h2-7,13,17H,1H3. The van der Waals surface area contributed by atoms with Crippen molar-refractivity contribution in [1.29, 1.82) is 0 Å². The first-order valence-electron chi connectivity index (χ1n) is 5.35. The minimum Gasteiger partial charge on any atom is -0.309 e. The molecule has 0 aliphatic rings. The molecule has 2 aromatic rings. The Kier molecular flexibility index (Phi) is 4.32. The maximum Gasteiger partial charge on any atom is 0.146 e. The molecule has 0 aliphatic heterocycles. The molecule has 1 aromatic heterocycles. The molecule has 18 heavy (non-hydrogen) atoms. The fourth-order valence-electron chi connectivity index (χ4n) is 1.81. The van der Waals surface area contributed by atoms with Gasteiger partial charge in [0, 0.05) is 16.2 Å². The highest BCUT2D eigenvalue weighted by atomic mass is 79.9. The molecule has 0 aliphatic carbocycles. The predicted octanol–water partition coefficient (Wildman–Crippen LogP) is 3.95. The van der Waals surface area contributed by atoms with E-state index in [0.717, 1.165) is 10.0 Å². The molecular formula is C13H11BrClFN2. The van der Waals surface area contributed by atoms with Gasteiger partial charge < -0.3 is 5.32 Å². The van der Waals surface area contributed by atoms with Gasteiger partial charge in [0.25, 0.3) is 0 Å². The second-order valence-corrected chi connectivity index (χ2v) is 5.05. The van der Waals surface area contributed by atoms with Crippen LogP contribution >= 0.6 is 27.5 Å². The monoisotopic (exact) mass is 328 g/mol. The lowest BCUT2D eigenvalue weighted by molar-refractivity contribution is 0.570. The van der Waals surface area contributed by atoms with Gasteiger partial charge in [0.05, 0.1) is 17.3 Å². The summed E-state index contributed by atoms with van der Waals surface area (Å²) in [5.74, 6) is -0.331. The largest absolute Gasteiger partial charge is 0.309 e. The van der Waals surface area contributed by atoms with Crippen LogP contribution in [0.2, 0.25) is 5.02 Å². The van der Waals surface area contributed by atoms with Crippen molar-refractivity contribution in [3.63, 3.8) is 0 Å². The Bertz CT molecular complexity index is 562. The lowest BCUT2D eigenvalue weighted by Gasteiger charge is -2.18. The van der Waals surface area contributed by atoms with E-state index in [9.17, 15) is 4.39 Å². The second kappa shape index (κ2) is 5.78. The van der Waals surface area contributed by atoms with Crippen molar-refractivity contribution in [3.05, 3.63) is 63.1 Å². The van der Waals surface area contributed by atoms with E-state index >= 15 is 0 Å². The SMILES string of the molecule is CNC(c1ccc(Cl)c(Br)c1)c1ccncc1F. The van der Waals surface area contributed by atoms with Gasteiger partial charge in [-0.2, -0.15) is 0 Å². The first kappa shape index (κ1) is 13.5. The number of benzene rings is 1. The quantitative estimate of drug-likeness (QED) is 0.922. The molecule has 1 atom stereocenters. The van der Waals surface area contributed by atoms with E-state index in [1.807, 2.05) is 12.1 Å². The molecule has 1 N–H and O–H groups in total. The van der Waals surface area contributed by atoms with E-state index in [4.69, 9.17) is 11.6 Å². The van der Waals surface area contributed by atoms with Gasteiger partial charge in [-0.1, -0.05) is 17.7 Å². The fourth-order valence-corrected chi connectivity index (χ4v) is 2.33. The molecule has 1 heterocycles. The molecule has 0 bridgehead atoms. The average Bonchev–Trinajstić information content (AvgIpc) is 2.37. The molecule has 2 nitrogen and oxygen atoms in total. The number of hydrogen-bond acceptors (Lipinski definition) is 2. The van der Waals surface area contributed by atoms with Crippen LogP contribution in [-0.2, 0) is 0 Å². The van der Waals surface area contributed by atoms with Crippen LogP contribution in [0, 0.1) is 5.82 Å². The molecule has 5 heteroatoms. The summed E-state index contributed by atoms with van der Waals surface area (Å²) in [6.07, 6.45) is 2.79. The van der Waals surface area contributed by atoms with Gasteiger partial charge in [0.1, 0.15) is 5.82 Å². The van der Waals surface area contributed by atoms with Gasteiger partial charge in [0.15, 0.2) is 0 Å². The highest BCUT2D eigenvalue weighted by Crippen LogP contribution is 2.29. The molecule has 2 rings (SSSR count). The zero-order valence-corrected chi connectivity index (χ0v) is 12.0.